The summed E-state index contributed by atoms with van der Waals surface area (Å²) in [5.41, 5.74) is 4.87. The minimum absolute atomic E-state index is 0.153. The van der Waals surface area contributed by atoms with Crippen molar-refractivity contribution in [3.05, 3.63) is 90.0 Å². The summed E-state index contributed by atoms with van der Waals surface area (Å²) in [4.78, 5) is 26.8. The number of rotatable bonds is 8. The van der Waals surface area contributed by atoms with Crippen LogP contribution in [0.25, 0.3) is 11.1 Å². The van der Waals surface area contributed by atoms with Crippen molar-refractivity contribution in [2.45, 2.75) is 58.1 Å². The number of anilines is 1. The van der Waals surface area contributed by atoms with Gasteiger partial charge in [0.15, 0.2) is 0 Å². The van der Waals surface area contributed by atoms with Gasteiger partial charge < -0.3 is 9.47 Å². The van der Waals surface area contributed by atoms with E-state index >= 15 is 0 Å². The van der Waals surface area contributed by atoms with E-state index in [4.69, 9.17) is 9.47 Å². The largest absolute Gasteiger partial charge is 0.466 e. The molecular weight excluding hydrogens is 438 g/mol. The zero-order valence-corrected chi connectivity index (χ0v) is 20.3. The zero-order chi connectivity index (χ0) is 24.5. The molecule has 0 aromatic heterocycles. The summed E-state index contributed by atoms with van der Waals surface area (Å²) in [5.74, 6) is -0.216. The molecule has 1 aliphatic carbocycles. The summed E-state index contributed by atoms with van der Waals surface area (Å²) in [5, 5.41) is 0. The van der Waals surface area contributed by atoms with Gasteiger partial charge >= 0.3 is 12.1 Å². The highest BCUT2D eigenvalue weighted by molar-refractivity contribution is 5.89. The van der Waals surface area contributed by atoms with Gasteiger partial charge in [-0.2, -0.15) is 0 Å². The molecule has 0 unspecified atom stereocenters. The lowest BCUT2D eigenvalue weighted by atomic mass is 9.94. The molecule has 1 fully saturated rings. The maximum atomic E-state index is 13.2. The average Bonchev–Trinajstić information content (AvgIpc) is 2.90. The van der Waals surface area contributed by atoms with Crippen LogP contribution >= 0.6 is 0 Å². The number of nitrogens with zero attached hydrogens (tertiary/aromatic N) is 1. The minimum Gasteiger partial charge on any atom is -0.466 e. The van der Waals surface area contributed by atoms with Crippen LogP contribution in [0.4, 0.5) is 10.5 Å². The summed E-state index contributed by atoms with van der Waals surface area (Å²) in [7, 11) is 0. The Morgan fingerprint density at radius 1 is 0.771 bits per heavy atom. The first-order valence-corrected chi connectivity index (χ1v) is 12.5. The van der Waals surface area contributed by atoms with E-state index < -0.39 is 0 Å². The fourth-order valence-corrected chi connectivity index (χ4v) is 4.60. The highest BCUT2D eigenvalue weighted by Crippen LogP contribution is 2.30. The van der Waals surface area contributed by atoms with Crippen LogP contribution in [0, 0.1) is 0 Å². The summed E-state index contributed by atoms with van der Waals surface area (Å²) in [6, 6.07) is 25.9. The molecule has 0 spiro atoms. The number of benzene rings is 3. The lowest BCUT2D eigenvalue weighted by molar-refractivity contribution is -0.142. The Hall–Kier alpha value is -3.60. The van der Waals surface area contributed by atoms with Crippen molar-refractivity contribution in [2.24, 2.45) is 0 Å². The van der Waals surface area contributed by atoms with E-state index in [1.165, 1.54) is 6.42 Å². The Balaban J connectivity index is 1.48. The molecular formula is C30H33NO4. The summed E-state index contributed by atoms with van der Waals surface area (Å²) >= 11 is 0. The summed E-state index contributed by atoms with van der Waals surface area (Å²) in [6.07, 6.45) is 5.43. The van der Waals surface area contributed by atoms with Gasteiger partial charge in [0.05, 0.1) is 13.0 Å². The lowest BCUT2D eigenvalue weighted by Gasteiger charge is -2.33. The zero-order valence-electron chi connectivity index (χ0n) is 20.3. The van der Waals surface area contributed by atoms with E-state index in [1.54, 1.807) is 0 Å². The highest BCUT2D eigenvalue weighted by atomic mass is 16.6. The molecule has 0 atom stereocenters. The number of carbonyl (C=O) groups excluding carboxylic acids is 2. The monoisotopic (exact) mass is 471 g/mol. The van der Waals surface area contributed by atoms with Crippen molar-refractivity contribution in [3.8, 4) is 11.1 Å². The van der Waals surface area contributed by atoms with Gasteiger partial charge in [-0.15, -0.1) is 0 Å². The molecule has 3 aromatic rings. The van der Waals surface area contributed by atoms with Crippen LogP contribution < -0.4 is 4.90 Å². The fraction of sp³-hybridized carbons (Fsp3) is 0.333. The van der Waals surface area contributed by atoms with Crippen LogP contribution in [0.15, 0.2) is 78.9 Å². The molecule has 0 aliphatic heterocycles. The third kappa shape index (κ3) is 6.72. The van der Waals surface area contributed by atoms with Crippen LogP contribution in [0.3, 0.4) is 0 Å². The number of amides is 1. The first-order valence-electron chi connectivity index (χ1n) is 12.5. The molecule has 5 heteroatoms. The van der Waals surface area contributed by atoms with Crippen LogP contribution in [0.5, 0.6) is 0 Å². The number of ether oxygens (including phenoxy) is 2. The van der Waals surface area contributed by atoms with Gasteiger partial charge in [-0.05, 0) is 54.2 Å². The predicted molar refractivity (Wildman–Crippen MR) is 138 cm³/mol. The van der Waals surface area contributed by atoms with E-state index in [2.05, 4.69) is 0 Å². The molecule has 0 saturated heterocycles. The van der Waals surface area contributed by atoms with Gasteiger partial charge in [0.25, 0.3) is 0 Å². The third-order valence-corrected chi connectivity index (χ3v) is 6.43. The lowest BCUT2D eigenvalue weighted by Crippen LogP contribution is -2.42. The van der Waals surface area contributed by atoms with Crippen LogP contribution in [-0.2, 0) is 27.3 Å². The topological polar surface area (TPSA) is 55.8 Å². The van der Waals surface area contributed by atoms with Crippen LogP contribution in [-0.4, -0.2) is 24.7 Å². The molecule has 182 valence electrons. The number of hydrogen-bond acceptors (Lipinski definition) is 4. The molecule has 1 aliphatic rings. The van der Waals surface area contributed by atoms with Gasteiger partial charge in [0, 0.05) is 11.7 Å². The first-order chi connectivity index (χ1) is 17.1. The molecule has 5 nitrogen and oxygen atoms in total. The van der Waals surface area contributed by atoms with Crippen LogP contribution in [0.2, 0.25) is 0 Å². The second-order valence-corrected chi connectivity index (χ2v) is 8.93. The van der Waals surface area contributed by atoms with Crippen molar-refractivity contribution in [1.29, 1.82) is 0 Å². The van der Waals surface area contributed by atoms with Crippen molar-refractivity contribution >= 4 is 17.7 Å². The van der Waals surface area contributed by atoms with Gasteiger partial charge in [-0.1, -0.05) is 86.0 Å². The minimum atomic E-state index is -0.295. The van der Waals surface area contributed by atoms with Gasteiger partial charge in [-0.3, -0.25) is 9.69 Å². The maximum absolute atomic E-state index is 13.2. The van der Waals surface area contributed by atoms with Crippen molar-refractivity contribution in [1.82, 2.24) is 0 Å². The van der Waals surface area contributed by atoms with Crippen molar-refractivity contribution < 1.29 is 19.1 Å². The number of hydrogen-bond donors (Lipinski definition) is 0. The predicted octanol–water partition coefficient (Wildman–Crippen LogP) is 6.94. The summed E-state index contributed by atoms with van der Waals surface area (Å²) < 4.78 is 10.8. The Kier molecular flexibility index (Phi) is 8.55. The van der Waals surface area contributed by atoms with E-state index in [-0.39, 0.29) is 31.1 Å². The third-order valence-electron chi connectivity index (χ3n) is 6.43. The Labute approximate surface area is 207 Å². The first kappa shape index (κ1) is 24.5. The van der Waals surface area contributed by atoms with Gasteiger partial charge in [0.1, 0.15) is 6.61 Å². The van der Waals surface area contributed by atoms with Crippen LogP contribution in [0.1, 0.15) is 50.2 Å². The molecule has 1 saturated carbocycles. The molecule has 4 rings (SSSR count). The average molecular weight is 472 g/mol. The SMILES string of the molecule is CCOC(=O)Cc1ccc(-c2ccc(N(C(=O)OCc3ccccc3)C3CCCCC3)cc2)cc1. The fourth-order valence-electron chi connectivity index (χ4n) is 4.60. The second kappa shape index (κ2) is 12.2. The van der Waals surface area contributed by atoms with E-state index in [0.29, 0.717) is 6.61 Å². The molecule has 0 radical (unpaired) electrons. The van der Waals surface area contributed by atoms with Crippen molar-refractivity contribution in [2.75, 3.05) is 11.5 Å². The quantitative estimate of drug-likeness (QED) is 0.334. The smallest absolute Gasteiger partial charge is 0.414 e. The summed E-state index contributed by atoms with van der Waals surface area (Å²) in [6.45, 7) is 2.46. The van der Waals surface area contributed by atoms with Gasteiger partial charge in [0.2, 0.25) is 0 Å². The molecule has 0 heterocycles. The Morgan fingerprint density at radius 2 is 1.40 bits per heavy atom. The van der Waals surface area contributed by atoms with Crippen molar-refractivity contribution in [3.63, 3.8) is 0 Å². The standard InChI is InChI=1S/C30H33NO4/c1-2-34-29(32)21-23-13-15-25(16-14-23)26-17-19-28(20-18-26)31(27-11-7-4-8-12-27)30(33)35-22-24-9-5-3-6-10-24/h3,5-6,9-10,13-20,27H,2,4,7-8,11-12,21-22H2,1H3. The Morgan fingerprint density at radius 3 is 2.03 bits per heavy atom. The maximum Gasteiger partial charge on any atom is 0.414 e. The van der Waals surface area contributed by atoms with E-state index in [0.717, 1.165) is 53.6 Å². The molecule has 0 N–H and O–H groups in total. The highest BCUT2D eigenvalue weighted by Gasteiger charge is 2.28. The number of esters is 1. The molecule has 35 heavy (non-hydrogen) atoms. The van der Waals surface area contributed by atoms with E-state index in [1.807, 2.05) is 90.7 Å². The molecule has 3 aromatic carbocycles. The Bertz CT molecular complexity index is 1090. The second-order valence-electron chi connectivity index (χ2n) is 8.93. The molecule has 0 bridgehead atoms. The van der Waals surface area contributed by atoms with E-state index in [9.17, 15) is 9.59 Å². The molecule has 1 amide bonds. The normalized spacial score (nSPS) is 13.7. The van der Waals surface area contributed by atoms with Gasteiger partial charge in [-0.25, -0.2) is 4.79 Å². The number of carbonyl (C=O) groups is 2.